The molecule has 1 saturated heterocycles. The molecule has 3 fully saturated rings. The predicted molar refractivity (Wildman–Crippen MR) is 168 cm³/mol. The molecule has 4 amide bonds. The molecule has 11 heteroatoms. The Bertz CT molecular complexity index is 1050. The van der Waals surface area contributed by atoms with E-state index in [2.05, 4.69) is 29.8 Å². The minimum Gasteiger partial charge on any atom is -0.376 e. The number of nitrogens with zero attached hydrogens (tertiary/aromatic N) is 1. The summed E-state index contributed by atoms with van der Waals surface area (Å²) in [4.78, 5) is 67.0. The number of carbonyl (C=O) groups is 5. The molecule has 3 rings (SSSR count). The number of likely N-dealkylation sites (tertiary alicyclic amines) is 1. The number of Topliss-reactive ketones (excluding diaryl/α,β-unsaturated/α-hetero) is 2. The second-order valence-electron chi connectivity index (χ2n) is 15.2. The highest BCUT2D eigenvalue weighted by atomic mass is 16.3. The van der Waals surface area contributed by atoms with Crippen LogP contribution in [0.2, 0.25) is 0 Å². The number of aliphatic hydroxyl groups is 1. The molecule has 2 aliphatic carbocycles. The van der Waals surface area contributed by atoms with E-state index in [1.165, 1.54) is 0 Å². The van der Waals surface area contributed by atoms with E-state index in [9.17, 15) is 29.1 Å². The number of rotatable bonds is 14. The first kappa shape index (κ1) is 35.9. The molecule has 2 saturated carbocycles. The third-order valence-corrected chi connectivity index (χ3v) is 9.82. The van der Waals surface area contributed by atoms with E-state index in [1.807, 2.05) is 34.6 Å². The van der Waals surface area contributed by atoms with Gasteiger partial charge in [0.15, 0.2) is 5.78 Å². The average molecular weight is 620 g/mol. The summed E-state index contributed by atoms with van der Waals surface area (Å²) in [5, 5.41) is 20.1. The lowest BCUT2D eigenvalue weighted by atomic mass is 9.81. The van der Waals surface area contributed by atoms with Gasteiger partial charge in [0.2, 0.25) is 11.7 Å². The molecule has 0 aromatic rings. The molecule has 1 heterocycles. The third-order valence-electron chi connectivity index (χ3n) is 9.82. The molecule has 250 valence electrons. The second-order valence-corrected chi connectivity index (χ2v) is 15.2. The van der Waals surface area contributed by atoms with Gasteiger partial charge in [-0.15, -0.1) is 0 Å². The molecule has 44 heavy (non-hydrogen) atoms. The Morgan fingerprint density at radius 3 is 2.05 bits per heavy atom. The summed E-state index contributed by atoms with van der Waals surface area (Å²) in [5.74, 6) is -1.70. The Morgan fingerprint density at radius 1 is 0.932 bits per heavy atom. The zero-order chi connectivity index (χ0) is 32.9. The van der Waals surface area contributed by atoms with Crippen LogP contribution < -0.4 is 21.7 Å². The number of hydrogen-bond donors (Lipinski definition) is 5. The fourth-order valence-corrected chi connectivity index (χ4v) is 6.70. The molecule has 1 aliphatic heterocycles. The highest BCUT2D eigenvalue weighted by molar-refractivity contribution is 6.37. The SMILES string of the molecule is CC(C)[C@@H]1C[C@@H](C(O)NC(CC2CC2)C(=O)C(N)=O)N(C(=O)[C@@H](NC(=O)N[C@H](C(=O)C2CCCCC2)C(C)C)C(C)(C)C)C1. The van der Waals surface area contributed by atoms with Crippen molar-refractivity contribution >= 4 is 29.4 Å². The molecule has 6 atom stereocenters. The molecule has 0 spiro atoms. The molecule has 0 radical (unpaired) electrons. The fraction of sp³-hybridized carbons (Fsp3) is 0.848. The maximum absolute atomic E-state index is 14.3. The van der Waals surface area contributed by atoms with Crippen molar-refractivity contribution < 1.29 is 29.1 Å². The van der Waals surface area contributed by atoms with Crippen LogP contribution in [0.3, 0.4) is 0 Å². The molecule has 2 unspecified atom stereocenters. The molecule has 0 aromatic carbocycles. The van der Waals surface area contributed by atoms with Gasteiger partial charge in [-0.3, -0.25) is 24.5 Å². The van der Waals surface area contributed by atoms with Crippen LogP contribution in [0.15, 0.2) is 0 Å². The summed E-state index contributed by atoms with van der Waals surface area (Å²) in [6.45, 7) is 13.9. The van der Waals surface area contributed by atoms with Gasteiger partial charge >= 0.3 is 6.03 Å². The van der Waals surface area contributed by atoms with E-state index in [0.717, 1.165) is 44.9 Å². The quantitative estimate of drug-likeness (QED) is 0.147. The lowest BCUT2D eigenvalue weighted by Crippen LogP contribution is -2.62. The number of primary amides is 1. The number of nitrogens with two attached hydrogens (primary N) is 1. The van der Waals surface area contributed by atoms with Gasteiger partial charge in [0.25, 0.3) is 5.91 Å². The molecular formula is C33H57N5O6. The smallest absolute Gasteiger partial charge is 0.316 e. The number of urea groups is 1. The average Bonchev–Trinajstić information content (AvgIpc) is 3.65. The van der Waals surface area contributed by atoms with Crippen LogP contribution in [0.1, 0.15) is 106 Å². The van der Waals surface area contributed by atoms with Crippen molar-refractivity contribution in [3.63, 3.8) is 0 Å². The maximum atomic E-state index is 14.3. The Balaban J connectivity index is 1.78. The van der Waals surface area contributed by atoms with Crippen LogP contribution in [-0.2, 0) is 19.2 Å². The maximum Gasteiger partial charge on any atom is 0.316 e. The van der Waals surface area contributed by atoms with E-state index in [-0.39, 0.29) is 35.4 Å². The first-order valence-electron chi connectivity index (χ1n) is 16.7. The summed E-state index contributed by atoms with van der Waals surface area (Å²) < 4.78 is 0. The Kier molecular flexibility index (Phi) is 12.4. The summed E-state index contributed by atoms with van der Waals surface area (Å²) >= 11 is 0. The summed E-state index contributed by atoms with van der Waals surface area (Å²) in [6, 6.07) is -3.79. The van der Waals surface area contributed by atoms with E-state index < -0.39 is 53.5 Å². The number of amides is 4. The van der Waals surface area contributed by atoms with Gasteiger partial charge < -0.3 is 26.4 Å². The van der Waals surface area contributed by atoms with E-state index >= 15 is 0 Å². The van der Waals surface area contributed by atoms with Crippen molar-refractivity contribution in [1.82, 2.24) is 20.9 Å². The van der Waals surface area contributed by atoms with Gasteiger partial charge in [-0.1, -0.05) is 80.6 Å². The van der Waals surface area contributed by atoms with Crippen molar-refractivity contribution in [3.8, 4) is 0 Å². The highest BCUT2D eigenvalue weighted by Gasteiger charge is 2.46. The predicted octanol–water partition coefficient (Wildman–Crippen LogP) is 2.88. The molecule has 0 aromatic heterocycles. The molecule has 0 bridgehead atoms. The summed E-state index contributed by atoms with van der Waals surface area (Å²) in [5.41, 5.74) is 4.62. The summed E-state index contributed by atoms with van der Waals surface area (Å²) in [7, 11) is 0. The van der Waals surface area contributed by atoms with E-state index in [4.69, 9.17) is 5.73 Å². The fourth-order valence-electron chi connectivity index (χ4n) is 6.70. The number of nitrogens with one attached hydrogen (secondary N) is 3. The minimum atomic E-state index is -1.28. The third kappa shape index (κ3) is 9.49. The van der Waals surface area contributed by atoms with Crippen LogP contribution in [0.5, 0.6) is 0 Å². The van der Waals surface area contributed by atoms with Gasteiger partial charge in [-0.05, 0) is 54.8 Å². The van der Waals surface area contributed by atoms with Gasteiger partial charge in [0, 0.05) is 12.5 Å². The number of hydrogen-bond acceptors (Lipinski definition) is 7. The lowest BCUT2D eigenvalue weighted by molar-refractivity contribution is -0.141. The second kappa shape index (κ2) is 15.2. The highest BCUT2D eigenvalue weighted by Crippen LogP contribution is 2.36. The van der Waals surface area contributed by atoms with Crippen molar-refractivity contribution in [2.24, 2.45) is 40.7 Å². The van der Waals surface area contributed by atoms with Crippen molar-refractivity contribution in [2.75, 3.05) is 6.54 Å². The van der Waals surface area contributed by atoms with E-state index in [0.29, 0.717) is 25.3 Å². The number of aliphatic hydroxyl groups excluding tert-OH is 1. The van der Waals surface area contributed by atoms with Crippen molar-refractivity contribution in [1.29, 1.82) is 0 Å². The van der Waals surface area contributed by atoms with Gasteiger partial charge in [-0.2, -0.15) is 0 Å². The molecular weight excluding hydrogens is 562 g/mol. The van der Waals surface area contributed by atoms with Gasteiger partial charge in [0.1, 0.15) is 12.3 Å². The Labute approximate surface area is 263 Å². The number of carbonyl (C=O) groups excluding carboxylic acids is 5. The van der Waals surface area contributed by atoms with Crippen molar-refractivity contribution in [3.05, 3.63) is 0 Å². The summed E-state index contributed by atoms with van der Waals surface area (Å²) in [6.07, 6.45) is 6.36. The lowest BCUT2D eigenvalue weighted by Gasteiger charge is -2.38. The van der Waals surface area contributed by atoms with Crippen LogP contribution in [-0.4, -0.2) is 76.4 Å². The Morgan fingerprint density at radius 2 is 1.55 bits per heavy atom. The van der Waals surface area contributed by atoms with Crippen LogP contribution >= 0.6 is 0 Å². The largest absolute Gasteiger partial charge is 0.376 e. The standard InChI is InChI=1S/C33H57N5O6/c1-18(2)22-16-24(30(42)35-23(15-20-13-14-20)27(40)29(34)41)38(17-22)31(43)28(33(5,6)7)37-32(44)36-25(19(3)4)26(39)21-11-9-8-10-12-21/h18-25,28,30,35,42H,8-17H2,1-7H3,(H2,34,41)(H2,36,37,44)/t22-,23?,24+,25+,28-,30?/m1/s1. The normalized spacial score (nSPS) is 24.1. The molecule has 3 aliphatic rings. The first-order chi connectivity index (χ1) is 20.5. The first-order valence-corrected chi connectivity index (χ1v) is 16.7. The minimum absolute atomic E-state index is 0.0494. The zero-order valence-corrected chi connectivity index (χ0v) is 27.9. The molecule has 6 N–H and O–H groups in total. The zero-order valence-electron chi connectivity index (χ0n) is 27.9. The van der Waals surface area contributed by atoms with Crippen LogP contribution in [0, 0.1) is 35.0 Å². The van der Waals surface area contributed by atoms with Crippen LogP contribution in [0.4, 0.5) is 4.79 Å². The monoisotopic (exact) mass is 619 g/mol. The Hall–Kier alpha value is -2.53. The number of ketones is 2. The van der Waals surface area contributed by atoms with Crippen LogP contribution in [0.25, 0.3) is 0 Å². The topological polar surface area (TPSA) is 171 Å². The van der Waals surface area contributed by atoms with Gasteiger partial charge in [-0.25, -0.2) is 4.79 Å². The van der Waals surface area contributed by atoms with Crippen molar-refractivity contribution in [2.45, 2.75) is 137 Å². The van der Waals surface area contributed by atoms with Gasteiger partial charge in [0.05, 0.1) is 18.1 Å². The van der Waals surface area contributed by atoms with E-state index in [1.54, 1.807) is 4.90 Å². The molecule has 11 nitrogen and oxygen atoms in total.